The van der Waals surface area contributed by atoms with E-state index in [2.05, 4.69) is 0 Å². The van der Waals surface area contributed by atoms with E-state index in [0.717, 1.165) is 6.07 Å². The first-order valence-electron chi connectivity index (χ1n) is 10.5. The number of nitrogens with zero attached hydrogens (tertiary/aromatic N) is 3. The zero-order valence-electron chi connectivity index (χ0n) is 18.7. The van der Waals surface area contributed by atoms with Gasteiger partial charge in [0.25, 0.3) is 5.91 Å². The molecule has 10 heteroatoms. The van der Waals surface area contributed by atoms with Crippen molar-refractivity contribution >= 4 is 21.6 Å². The summed E-state index contributed by atoms with van der Waals surface area (Å²) >= 11 is 0. The second-order valence-electron chi connectivity index (χ2n) is 6.90. The number of hydrogen-bond acceptors (Lipinski definition) is 6. The van der Waals surface area contributed by atoms with Crippen molar-refractivity contribution in [3.63, 3.8) is 0 Å². The lowest BCUT2D eigenvalue weighted by molar-refractivity contribution is -0.386. The van der Waals surface area contributed by atoms with Crippen LogP contribution in [-0.4, -0.2) is 54.6 Å². The van der Waals surface area contributed by atoms with Gasteiger partial charge >= 0.3 is 5.69 Å². The van der Waals surface area contributed by atoms with Crippen LogP contribution in [0.15, 0.2) is 53.4 Å². The van der Waals surface area contributed by atoms with E-state index in [4.69, 9.17) is 4.74 Å². The van der Waals surface area contributed by atoms with Gasteiger partial charge in [0, 0.05) is 37.8 Å². The van der Waals surface area contributed by atoms with Gasteiger partial charge in [0.15, 0.2) is 5.75 Å². The predicted molar refractivity (Wildman–Crippen MR) is 121 cm³/mol. The Bertz CT molecular complexity index is 1030. The summed E-state index contributed by atoms with van der Waals surface area (Å²) in [5.74, 6) is -0.516. The highest BCUT2D eigenvalue weighted by atomic mass is 32.2. The standard InChI is InChI=1S/C22H29N3O6S/c1-5-23(6-2)22(26)21(17-12-10-9-11-13-17)31-20-15-14-18(16-19(20)25(27)28)32(29,30)24(7-3)8-4/h9-16,21H,5-8H2,1-4H3/t21-/m1/s1. The first-order chi connectivity index (χ1) is 15.2. The molecule has 32 heavy (non-hydrogen) atoms. The molecule has 0 unspecified atom stereocenters. The molecule has 0 saturated heterocycles. The number of carbonyl (C=O) groups excluding carboxylic acids is 1. The van der Waals surface area contributed by atoms with Crippen molar-refractivity contribution in [2.24, 2.45) is 0 Å². The van der Waals surface area contributed by atoms with Crippen LogP contribution in [0.25, 0.3) is 0 Å². The number of rotatable bonds is 11. The summed E-state index contributed by atoms with van der Waals surface area (Å²) in [6.45, 7) is 8.42. The van der Waals surface area contributed by atoms with E-state index in [1.54, 1.807) is 49.1 Å². The zero-order valence-corrected chi connectivity index (χ0v) is 19.5. The van der Waals surface area contributed by atoms with E-state index in [1.165, 1.54) is 16.4 Å². The monoisotopic (exact) mass is 463 g/mol. The van der Waals surface area contributed by atoms with Crippen molar-refractivity contribution in [2.45, 2.75) is 38.7 Å². The fourth-order valence-electron chi connectivity index (χ4n) is 3.33. The van der Waals surface area contributed by atoms with Gasteiger partial charge in [-0.3, -0.25) is 14.9 Å². The molecular formula is C22H29N3O6S. The van der Waals surface area contributed by atoms with Crippen LogP contribution in [0.3, 0.4) is 0 Å². The van der Waals surface area contributed by atoms with Gasteiger partial charge < -0.3 is 9.64 Å². The maximum absolute atomic E-state index is 13.1. The Balaban J connectivity index is 2.54. The van der Waals surface area contributed by atoms with Gasteiger partial charge in [0.2, 0.25) is 16.1 Å². The second-order valence-corrected chi connectivity index (χ2v) is 8.83. The molecule has 0 heterocycles. The van der Waals surface area contributed by atoms with E-state index in [1.807, 2.05) is 13.8 Å². The molecule has 174 valence electrons. The summed E-state index contributed by atoms with van der Waals surface area (Å²) in [5.41, 5.74) is 0.0186. The highest BCUT2D eigenvalue weighted by molar-refractivity contribution is 7.89. The van der Waals surface area contributed by atoms with Crippen LogP contribution < -0.4 is 4.74 Å². The third-order valence-corrected chi connectivity index (χ3v) is 7.16. The molecule has 0 N–H and O–H groups in total. The van der Waals surface area contributed by atoms with Crippen molar-refractivity contribution in [3.8, 4) is 5.75 Å². The number of benzene rings is 2. The molecule has 1 amide bonds. The van der Waals surface area contributed by atoms with E-state index in [-0.39, 0.29) is 29.6 Å². The summed E-state index contributed by atoms with van der Waals surface area (Å²) in [6, 6.07) is 12.2. The van der Waals surface area contributed by atoms with Crippen molar-refractivity contribution < 1.29 is 22.9 Å². The molecule has 0 spiro atoms. The fraction of sp³-hybridized carbons (Fsp3) is 0.409. The molecule has 0 aliphatic carbocycles. The third-order valence-electron chi connectivity index (χ3n) is 5.12. The Hall–Kier alpha value is -2.98. The molecule has 2 aromatic carbocycles. The summed E-state index contributed by atoms with van der Waals surface area (Å²) in [4.78, 5) is 25.5. The largest absolute Gasteiger partial charge is 0.469 e. The number of hydrogen-bond donors (Lipinski definition) is 0. The maximum atomic E-state index is 13.1. The van der Waals surface area contributed by atoms with Gasteiger partial charge in [0.05, 0.1) is 9.82 Å². The zero-order chi connectivity index (χ0) is 23.9. The average Bonchev–Trinajstić information content (AvgIpc) is 2.79. The molecule has 0 radical (unpaired) electrons. The van der Waals surface area contributed by atoms with Gasteiger partial charge in [-0.25, -0.2) is 8.42 Å². The van der Waals surface area contributed by atoms with Gasteiger partial charge in [-0.15, -0.1) is 0 Å². The molecule has 2 aromatic rings. The van der Waals surface area contributed by atoms with E-state index in [9.17, 15) is 23.3 Å². The van der Waals surface area contributed by atoms with Crippen LogP contribution >= 0.6 is 0 Å². The Morgan fingerprint density at radius 3 is 2.09 bits per heavy atom. The SMILES string of the molecule is CCN(CC)C(=O)[C@H](Oc1ccc(S(=O)(=O)N(CC)CC)cc1[N+](=O)[O-])c1ccccc1. The van der Waals surface area contributed by atoms with Gasteiger partial charge in [0.1, 0.15) is 0 Å². The Morgan fingerprint density at radius 2 is 1.59 bits per heavy atom. The van der Waals surface area contributed by atoms with Crippen LogP contribution in [0.4, 0.5) is 5.69 Å². The third kappa shape index (κ3) is 5.43. The smallest absolute Gasteiger partial charge is 0.312 e. The Morgan fingerprint density at radius 1 is 1.00 bits per heavy atom. The molecule has 9 nitrogen and oxygen atoms in total. The fourth-order valence-corrected chi connectivity index (χ4v) is 4.81. The van der Waals surface area contributed by atoms with Crippen LogP contribution in [0.2, 0.25) is 0 Å². The second kappa shape index (κ2) is 11.1. The summed E-state index contributed by atoms with van der Waals surface area (Å²) in [5, 5.41) is 11.8. The minimum Gasteiger partial charge on any atom is -0.469 e. The number of ether oxygens (including phenoxy) is 1. The van der Waals surface area contributed by atoms with Crippen LogP contribution in [0.5, 0.6) is 5.75 Å². The summed E-state index contributed by atoms with van der Waals surface area (Å²) in [6.07, 6.45) is -1.11. The minimum atomic E-state index is -3.89. The molecule has 0 aromatic heterocycles. The molecule has 1 atom stereocenters. The normalized spacial score (nSPS) is 12.4. The molecular weight excluding hydrogens is 434 g/mol. The topological polar surface area (TPSA) is 110 Å². The molecule has 0 aliphatic heterocycles. The van der Waals surface area contributed by atoms with Gasteiger partial charge in [-0.2, -0.15) is 4.31 Å². The van der Waals surface area contributed by atoms with Crippen molar-refractivity contribution in [2.75, 3.05) is 26.2 Å². The molecule has 0 bridgehead atoms. The highest BCUT2D eigenvalue weighted by Gasteiger charge is 2.31. The number of nitro benzene ring substituents is 1. The summed E-state index contributed by atoms with van der Waals surface area (Å²) in [7, 11) is -3.89. The van der Waals surface area contributed by atoms with Crippen LogP contribution in [0, 0.1) is 10.1 Å². The first-order valence-corrected chi connectivity index (χ1v) is 11.9. The van der Waals surface area contributed by atoms with Gasteiger partial charge in [-0.05, 0) is 26.0 Å². The summed E-state index contributed by atoms with van der Waals surface area (Å²) < 4.78 is 32.7. The number of nitro groups is 1. The quantitative estimate of drug-likeness (QED) is 0.372. The van der Waals surface area contributed by atoms with Crippen molar-refractivity contribution in [3.05, 3.63) is 64.2 Å². The molecule has 0 fully saturated rings. The van der Waals surface area contributed by atoms with Crippen molar-refractivity contribution in [1.82, 2.24) is 9.21 Å². The maximum Gasteiger partial charge on any atom is 0.312 e. The predicted octanol–water partition coefficient (Wildman–Crippen LogP) is 3.61. The van der Waals surface area contributed by atoms with Crippen molar-refractivity contribution in [1.29, 1.82) is 0 Å². The first kappa shape index (κ1) is 25.3. The number of amides is 1. The van der Waals surface area contributed by atoms with Crippen LogP contribution in [0.1, 0.15) is 39.4 Å². The minimum absolute atomic E-state index is 0.178. The Labute approximate surface area is 188 Å². The number of carbonyl (C=O) groups is 1. The molecule has 0 aliphatic rings. The lowest BCUT2D eigenvalue weighted by Gasteiger charge is -2.26. The molecule has 0 saturated carbocycles. The van der Waals surface area contributed by atoms with Gasteiger partial charge in [-0.1, -0.05) is 44.2 Å². The average molecular weight is 464 g/mol. The molecule has 2 rings (SSSR count). The highest BCUT2D eigenvalue weighted by Crippen LogP contribution is 2.34. The number of sulfonamides is 1. The lowest BCUT2D eigenvalue weighted by Crippen LogP contribution is -2.37. The van der Waals surface area contributed by atoms with E-state index in [0.29, 0.717) is 18.7 Å². The van der Waals surface area contributed by atoms with E-state index >= 15 is 0 Å². The lowest BCUT2D eigenvalue weighted by atomic mass is 10.1. The number of likely N-dealkylation sites (N-methyl/N-ethyl adjacent to an activating group) is 1. The Kier molecular flexibility index (Phi) is 8.73. The van der Waals surface area contributed by atoms with Crippen LogP contribution in [-0.2, 0) is 14.8 Å². The van der Waals surface area contributed by atoms with E-state index < -0.39 is 26.7 Å².